The van der Waals surface area contributed by atoms with Crippen molar-refractivity contribution < 1.29 is 27.1 Å². The first kappa shape index (κ1) is 117. The number of carbonyl (C=O) groups excluding carboxylic acids is 1. The summed E-state index contributed by atoms with van der Waals surface area (Å²) in [5, 5.41) is 0. The molecule has 10 heterocycles. The van der Waals surface area contributed by atoms with Crippen molar-refractivity contribution in [2.24, 2.45) is 82.9 Å². The van der Waals surface area contributed by atoms with Gasteiger partial charge in [-0.1, -0.05) is 111 Å². The molecule has 1 saturated carbocycles. The number of ether oxygens (including phenoxy) is 1. The van der Waals surface area contributed by atoms with Crippen LogP contribution in [0.4, 0.5) is 17.6 Å². The molecule has 10 aliphatic heterocycles. The van der Waals surface area contributed by atoms with Gasteiger partial charge in [-0.3, -0.25) is 19.5 Å². The number of halogens is 4. The molecule has 11 fully saturated rings. The second-order valence-corrected chi connectivity index (χ2v) is 48.1. The number of piperazine rings is 1. The standard InChI is InChI=1S/C19H37NO2.2C17H32F2N2.2C17H34N2.C12H25N.C11H24N2/c1-15(2)19(21)14-17-8-10-18(11-9-17)20(5)12-6-7-13-22-16(3)4;2*1-13(2)11-15-5-8-21(12-17(15,18)19)16-6-9-20(10-7-16)14(3)4;2*1-14(2)13-16-5-9-19(10-6-16)17-7-11-18(12-8-17)15(3)4;1-10(2)9-13-7-5-12(6-8-13)11(3)4;1-10(2)9-12-5-7-13(8-6-12)11(3)4/h15-18H,6-14H2,1-5H3;2*13-16H,5-12H2,1-4H3;2*14-17H,5-13H2,1-4H3;10-12H,5-9H2,1-4H3;10-11H,5-9H2,1-4H3. The third-order valence-electron chi connectivity index (χ3n) is 31.8. The van der Waals surface area contributed by atoms with Crippen LogP contribution in [0.3, 0.4) is 0 Å². The van der Waals surface area contributed by atoms with Crippen molar-refractivity contribution in [2.45, 2.75) is 446 Å². The van der Waals surface area contributed by atoms with Crippen molar-refractivity contribution in [3.05, 3.63) is 0 Å². The monoisotopic (exact) mass is 1820 g/mol. The molecule has 11 aliphatic rings. The molecule has 0 N–H and O–H groups in total. The third-order valence-corrected chi connectivity index (χ3v) is 31.8. The zero-order chi connectivity index (χ0) is 95.1. The molecule has 128 heavy (non-hydrogen) atoms. The van der Waals surface area contributed by atoms with Crippen molar-refractivity contribution in [1.29, 1.82) is 0 Å². The zero-order valence-corrected chi connectivity index (χ0v) is 90.1. The Labute approximate surface area is 793 Å². The molecular formula is C110H218F4N12O2. The molecule has 758 valence electrons. The Morgan fingerprint density at radius 1 is 0.328 bits per heavy atom. The van der Waals surface area contributed by atoms with Gasteiger partial charge in [-0.25, -0.2) is 17.6 Å². The Balaban J connectivity index is 0.000000267. The van der Waals surface area contributed by atoms with Gasteiger partial charge in [-0.2, -0.15) is 0 Å². The fourth-order valence-corrected chi connectivity index (χ4v) is 23.4. The van der Waals surface area contributed by atoms with E-state index in [4.69, 9.17) is 4.74 Å². The van der Waals surface area contributed by atoms with Crippen molar-refractivity contribution in [3.63, 3.8) is 0 Å². The quantitative estimate of drug-likeness (QED) is 0.0474. The summed E-state index contributed by atoms with van der Waals surface area (Å²) in [5.74, 6) is 3.48. The first-order valence-corrected chi connectivity index (χ1v) is 55.0. The molecule has 0 amide bonds. The SMILES string of the molecule is CC(C)CC1CCN(C2CCN(C(C)C)CC2)CC1.CC(C)CC1CCN(C2CCN(C(C)C)CC2)CC1.CC(C)CC1CCN(C2CCN(C(C)C)CC2)CC1(F)F.CC(C)CC1CCN(C2CCN(C(C)C)CC2)CC1(F)F.CC(C)CN1CCC(C(C)C)CC1.CC(C)CN1CCN(C(C)C)CC1.CC(C)OCCCCN(C)C1CCC(CC(=O)C(C)C)CC1. The lowest BCUT2D eigenvalue weighted by atomic mass is 9.81. The Bertz CT molecular complexity index is 2580. The van der Waals surface area contributed by atoms with E-state index >= 15 is 0 Å². The number of hydrogen-bond acceptors (Lipinski definition) is 14. The van der Waals surface area contributed by atoms with Gasteiger partial charge in [0.15, 0.2) is 0 Å². The molecule has 0 bridgehead atoms. The molecule has 14 nitrogen and oxygen atoms in total. The van der Waals surface area contributed by atoms with Gasteiger partial charge in [0.2, 0.25) is 0 Å². The van der Waals surface area contributed by atoms with E-state index in [1.165, 1.54) is 220 Å². The lowest BCUT2D eigenvalue weighted by Gasteiger charge is -2.45. The van der Waals surface area contributed by atoms with Crippen molar-refractivity contribution in [2.75, 3.05) is 177 Å². The summed E-state index contributed by atoms with van der Waals surface area (Å²) in [6.07, 6.45) is 32.4. The first-order chi connectivity index (χ1) is 60.3. The van der Waals surface area contributed by atoms with Gasteiger partial charge in [-0.05, 0) is 433 Å². The average Bonchev–Trinajstić information content (AvgIpc) is 0.802. The maximum atomic E-state index is 14.4. The largest absolute Gasteiger partial charge is 0.379 e. The molecule has 0 aromatic heterocycles. The van der Waals surface area contributed by atoms with E-state index in [1.807, 2.05) is 41.5 Å². The molecule has 2 unspecified atom stereocenters. The number of Topliss-reactive ketones (excluding diaryl/α,β-unsaturated/α-hetero) is 1. The number of piperidine rings is 9. The van der Waals surface area contributed by atoms with E-state index in [0.717, 1.165) is 168 Å². The summed E-state index contributed by atoms with van der Waals surface area (Å²) in [6, 6.07) is 6.56. The average molecular weight is 1820 g/mol. The molecule has 0 radical (unpaired) electrons. The molecular weight excluding hydrogens is 1600 g/mol. The van der Waals surface area contributed by atoms with E-state index in [0.29, 0.717) is 79.5 Å². The number of alkyl halides is 4. The maximum absolute atomic E-state index is 14.4. The summed E-state index contributed by atoms with van der Waals surface area (Å²) in [7, 11) is 2.26. The van der Waals surface area contributed by atoms with Crippen molar-refractivity contribution in [1.82, 2.24) is 58.8 Å². The van der Waals surface area contributed by atoms with Crippen LogP contribution in [0.5, 0.6) is 0 Å². The van der Waals surface area contributed by atoms with Gasteiger partial charge < -0.3 is 48.8 Å². The first-order valence-electron chi connectivity index (χ1n) is 55.0. The maximum Gasteiger partial charge on any atom is 0.263 e. The van der Waals surface area contributed by atoms with Crippen LogP contribution in [0.1, 0.15) is 367 Å². The van der Waals surface area contributed by atoms with Gasteiger partial charge in [0.05, 0.1) is 19.2 Å². The van der Waals surface area contributed by atoms with E-state index in [-0.39, 0.29) is 19.0 Å². The molecule has 18 heteroatoms. The third kappa shape index (κ3) is 45.6. The van der Waals surface area contributed by atoms with E-state index in [9.17, 15) is 22.4 Å². The Hall–Kier alpha value is -1.13. The second kappa shape index (κ2) is 61.3. The van der Waals surface area contributed by atoms with Gasteiger partial charge in [0, 0.05) is 130 Å². The topological polar surface area (TPSA) is 65.2 Å². The van der Waals surface area contributed by atoms with Crippen LogP contribution in [-0.4, -0.2) is 320 Å². The number of unbranched alkanes of at least 4 members (excludes halogenated alkanes) is 1. The van der Waals surface area contributed by atoms with Gasteiger partial charge in [0.1, 0.15) is 5.78 Å². The Morgan fingerprint density at radius 2 is 0.641 bits per heavy atom. The highest BCUT2D eigenvalue weighted by Gasteiger charge is 2.48. The highest BCUT2D eigenvalue weighted by Crippen LogP contribution is 2.42. The molecule has 0 spiro atoms. The predicted octanol–water partition coefficient (Wildman–Crippen LogP) is 23.9. The molecule has 0 aromatic carbocycles. The molecule has 2 atom stereocenters. The summed E-state index contributed by atoms with van der Waals surface area (Å²) < 4.78 is 63.1. The van der Waals surface area contributed by atoms with Crippen LogP contribution >= 0.6 is 0 Å². The van der Waals surface area contributed by atoms with Crippen LogP contribution in [0.15, 0.2) is 0 Å². The summed E-state index contributed by atoms with van der Waals surface area (Å²) in [5.41, 5.74) is 0. The van der Waals surface area contributed by atoms with Crippen LogP contribution in [0.25, 0.3) is 0 Å². The molecule has 10 saturated heterocycles. The van der Waals surface area contributed by atoms with Crippen LogP contribution in [0, 0.1) is 82.9 Å². The fraction of sp³-hybridized carbons (Fsp3) is 0.991. The summed E-state index contributed by atoms with van der Waals surface area (Å²) >= 11 is 0. The number of nitrogens with zero attached hydrogens (tertiary/aromatic N) is 12. The highest BCUT2D eigenvalue weighted by atomic mass is 19.3. The Morgan fingerprint density at radius 3 is 0.930 bits per heavy atom. The minimum Gasteiger partial charge on any atom is -0.379 e. The van der Waals surface area contributed by atoms with Gasteiger partial charge in [0.25, 0.3) is 11.8 Å². The van der Waals surface area contributed by atoms with E-state index < -0.39 is 23.7 Å². The zero-order valence-electron chi connectivity index (χ0n) is 90.1. The predicted molar refractivity (Wildman–Crippen MR) is 545 cm³/mol. The highest BCUT2D eigenvalue weighted by molar-refractivity contribution is 5.80. The minimum absolute atomic E-state index is 0.0171. The number of hydrogen-bond donors (Lipinski definition) is 0. The lowest BCUT2D eigenvalue weighted by molar-refractivity contribution is -0.128. The van der Waals surface area contributed by atoms with E-state index in [1.54, 1.807) is 0 Å². The molecule has 1 aliphatic carbocycles. The smallest absolute Gasteiger partial charge is 0.263 e. The Kier molecular flexibility index (Phi) is 56.2. The number of likely N-dealkylation sites (tertiary alicyclic amines) is 9. The van der Waals surface area contributed by atoms with Crippen LogP contribution < -0.4 is 0 Å². The van der Waals surface area contributed by atoms with Crippen LogP contribution in [0.2, 0.25) is 0 Å². The molecule has 11 rings (SSSR count). The summed E-state index contributed by atoms with van der Waals surface area (Å²) in [4.78, 5) is 42.1. The van der Waals surface area contributed by atoms with Gasteiger partial charge >= 0.3 is 0 Å². The van der Waals surface area contributed by atoms with Crippen molar-refractivity contribution >= 4 is 5.78 Å². The molecule has 0 aromatic rings. The number of ketones is 1. The normalized spacial score (nSPS) is 25.6. The van der Waals surface area contributed by atoms with Crippen LogP contribution in [-0.2, 0) is 9.53 Å². The number of carbonyl (C=O) groups is 1. The fourth-order valence-electron chi connectivity index (χ4n) is 23.4. The van der Waals surface area contributed by atoms with Gasteiger partial charge in [-0.15, -0.1) is 0 Å². The lowest BCUT2D eigenvalue weighted by Crippen LogP contribution is -2.55. The van der Waals surface area contributed by atoms with E-state index in [2.05, 4.69) is 218 Å². The minimum atomic E-state index is -2.50. The number of rotatable bonds is 32. The second-order valence-electron chi connectivity index (χ2n) is 48.1. The summed E-state index contributed by atoms with van der Waals surface area (Å²) in [6.45, 7) is 91.5. The van der Waals surface area contributed by atoms with Crippen molar-refractivity contribution in [3.8, 4) is 0 Å².